The van der Waals surface area contributed by atoms with E-state index in [9.17, 15) is 4.79 Å². The van der Waals surface area contributed by atoms with Gasteiger partial charge < -0.3 is 4.74 Å². The van der Waals surface area contributed by atoms with Crippen LogP contribution in [0, 0.1) is 0 Å². The Morgan fingerprint density at radius 2 is 2.29 bits per heavy atom. The molecule has 0 N–H and O–H groups in total. The Morgan fingerprint density at radius 3 is 2.94 bits per heavy atom. The number of methoxy groups -OCH3 is 1. The van der Waals surface area contributed by atoms with E-state index >= 15 is 0 Å². The summed E-state index contributed by atoms with van der Waals surface area (Å²) in [6.07, 6.45) is 1.46. The summed E-state index contributed by atoms with van der Waals surface area (Å²) < 4.78 is 6.94. The molecule has 2 aromatic rings. The molecule has 0 atom stereocenters. The summed E-state index contributed by atoms with van der Waals surface area (Å²) in [6, 6.07) is 3.78. The molecule has 2 aromatic heterocycles. The van der Waals surface area contributed by atoms with E-state index in [0.717, 1.165) is 26.0 Å². The van der Waals surface area contributed by atoms with Crippen molar-refractivity contribution in [2.45, 2.75) is 19.8 Å². The van der Waals surface area contributed by atoms with Crippen molar-refractivity contribution in [1.29, 1.82) is 0 Å². The van der Waals surface area contributed by atoms with E-state index in [1.807, 2.05) is 19.1 Å². The van der Waals surface area contributed by atoms with Gasteiger partial charge in [-0.15, -0.1) is 11.3 Å². The maximum absolute atomic E-state index is 11.8. The molecule has 0 amide bonds. The molecule has 17 heavy (non-hydrogen) atoms. The number of rotatable bonds is 4. The molecular formula is C12H12BrNO2S. The maximum atomic E-state index is 11.8. The number of halogens is 1. The van der Waals surface area contributed by atoms with E-state index in [4.69, 9.17) is 4.74 Å². The lowest BCUT2D eigenvalue weighted by molar-refractivity contribution is 0.0985. The zero-order valence-electron chi connectivity index (χ0n) is 9.62. The number of aromatic nitrogens is 1. The highest BCUT2D eigenvalue weighted by Crippen LogP contribution is 2.32. The molecule has 0 radical (unpaired) electrons. The number of thiophene rings is 1. The normalized spacial score (nSPS) is 10.8. The van der Waals surface area contributed by atoms with Crippen molar-refractivity contribution in [3.63, 3.8) is 0 Å². The third-order valence-electron chi connectivity index (χ3n) is 2.37. The number of hydrogen-bond acceptors (Lipinski definition) is 4. The van der Waals surface area contributed by atoms with Gasteiger partial charge in [0, 0.05) is 6.42 Å². The van der Waals surface area contributed by atoms with Gasteiger partial charge in [-0.25, -0.2) is 4.98 Å². The molecule has 2 rings (SSSR count). The van der Waals surface area contributed by atoms with Crippen LogP contribution >= 0.6 is 27.3 Å². The summed E-state index contributed by atoms with van der Waals surface area (Å²) >= 11 is 4.87. The Balaban J connectivity index is 2.47. The average molecular weight is 314 g/mol. The van der Waals surface area contributed by atoms with Crippen LogP contribution in [-0.4, -0.2) is 17.9 Å². The van der Waals surface area contributed by atoms with Crippen molar-refractivity contribution in [2.75, 3.05) is 7.11 Å². The number of hydrogen-bond donors (Lipinski definition) is 0. The van der Waals surface area contributed by atoms with Crippen LogP contribution in [0.4, 0.5) is 0 Å². The molecule has 0 aromatic carbocycles. The molecule has 0 bridgehead atoms. The first-order chi connectivity index (χ1) is 8.15. The minimum Gasteiger partial charge on any atom is -0.480 e. The number of nitrogens with zero attached hydrogens (tertiary/aromatic N) is 1. The average Bonchev–Trinajstić information content (AvgIpc) is 2.71. The van der Waals surface area contributed by atoms with Gasteiger partial charge in [0.1, 0.15) is 0 Å². The first-order valence-electron chi connectivity index (χ1n) is 5.33. The minimum absolute atomic E-state index is 0.186. The fourth-order valence-electron chi connectivity index (χ4n) is 1.56. The lowest BCUT2D eigenvalue weighted by atomic mass is 10.2. The highest BCUT2D eigenvalue weighted by atomic mass is 79.9. The molecule has 0 saturated carbocycles. The van der Waals surface area contributed by atoms with Gasteiger partial charge in [0.15, 0.2) is 5.78 Å². The van der Waals surface area contributed by atoms with Gasteiger partial charge in [-0.2, -0.15) is 0 Å². The summed E-state index contributed by atoms with van der Waals surface area (Å²) in [5.74, 6) is 0.732. The summed E-state index contributed by atoms with van der Waals surface area (Å²) in [6.45, 7) is 2.00. The molecule has 5 heteroatoms. The van der Waals surface area contributed by atoms with E-state index in [1.54, 1.807) is 7.11 Å². The van der Waals surface area contributed by atoms with Crippen LogP contribution < -0.4 is 4.74 Å². The van der Waals surface area contributed by atoms with Gasteiger partial charge in [0.25, 0.3) is 0 Å². The quantitative estimate of drug-likeness (QED) is 0.799. The van der Waals surface area contributed by atoms with E-state index in [0.29, 0.717) is 12.3 Å². The molecular weight excluding hydrogens is 302 g/mol. The zero-order valence-corrected chi connectivity index (χ0v) is 12.0. The van der Waals surface area contributed by atoms with E-state index in [1.165, 1.54) is 11.3 Å². The van der Waals surface area contributed by atoms with Gasteiger partial charge in [0.2, 0.25) is 5.88 Å². The van der Waals surface area contributed by atoms with Crippen molar-refractivity contribution in [3.05, 3.63) is 21.5 Å². The summed E-state index contributed by atoms with van der Waals surface area (Å²) in [5.41, 5.74) is 0.814. The highest BCUT2D eigenvalue weighted by molar-refractivity contribution is 9.10. The van der Waals surface area contributed by atoms with Crippen LogP contribution in [0.1, 0.15) is 29.4 Å². The summed E-state index contributed by atoms with van der Waals surface area (Å²) in [7, 11) is 1.58. The first kappa shape index (κ1) is 12.5. The Labute approximate surface area is 112 Å². The lowest BCUT2D eigenvalue weighted by Gasteiger charge is -2.00. The zero-order chi connectivity index (χ0) is 12.4. The molecule has 3 nitrogen and oxygen atoms in total. The molecule has 0 aliphatic carbocycles. The van der Waals surface area contributed by atoms with Crippen LogP contribution in [-0.2, 0) is 0 Å². The van der Waals surface area contributed by atoms with Crippen molar-refractivity contribution < 1.29 is 9.53 Å². The van der Waals surface area contributed by atoms with Crippen LogP contribution in [0.25, 0.3) is 10.2 Å². The molecule has 0 spiro atoms. The van der Waals surface area contributed by atoms with Crippen LogP contribution in [0.3, 0.4) is 0 Å². The Morgan fingerprint density at radius 1 is 1.53 bits per heavy atom. The molecule has 0 unspecified atom stereocenters. The SMILES string of the molecule is CCCC(=O)c1cc2nc(OC)c(Br)cc2s1. The Hall–Kier alpha value is -0.940. The van der Waals surface area contributed by atoms with Gasteiger partial charge in [-0.05, 0) is 34.5 Å². The van der Waals surface area contributed by atoms with Crippen LogP contribution in [0.15, 0.2) is 16.6 Å². The van der Waals surface area contributed by atoms with Crippen molar-refractivity contribution in [2.24, 2.45) is 0 Å². The highest BCUT2D eigenvalue weighted by Gasteiger charge is 2.12. The second-order valence-corrected chi connectivity index (χ2v) is 5.58. The third-order valence-corrected chi connectivity index (χ3v) is 4.05. The van der Waals surface area contributed by atoms with Gasteiger partial charge in [0.05, 0.1) is 26.7 Å². The van der Waals surface area contributed by atoms with E-state index in [-0.39, 0.29) is 5.78 Å². The number of Topliss-reactive ketones (excluding diaryl/α,β-unsaturated/α-hetero) is 1. The van der Waals surface area contributed by atoms with Gasteiger partial charge in [-0.3, -0.25) is 4.79 Å². The van der Waals surface area contributed by atoms with Crippen LogP contribution in [0.5, 0.6) is 5.88 Å². The topological polar surface area (TPSA) is 39.2 Å². The first-order valence-corrected chi connectivity index (χ1v) is 6.94. The summed E-state index contributed by atoms with van der Waals surface area (Å²) in [5, 5.41) is 0. The van der Waals surface area contributed by atoms with Gasteiger partial charge in [-0.1, -0.05) is 6.92 Å². The van der Waals surface area contributed by atoms with Crippen LogP contribution in [0.2, 0.25) is 0 Å². The molecule has 2 heterocycles. The predicted octanol–water partition coefficient (Wildman–Crippen LogP) is 4.05. The standard InChI is InChI=1S/C12H12BrNO2S/c1-3-4-9(15)11-6-8-10(17-11)5-7(13)12(14-8)16-2/h5-6H,3-4H2,1-2H3. The Kier molecular flexibility index (Phi) is 3.79. The monoisotopic (exact) mass is 313 g/mol. The predicted molar refractivity (Wildman–Crippen MR) is 73.1 cm³/mol. The van der Waals surface area contributed by atoms with Crippen molar-refractivity contribution in [3.8, 4) is 5.88 Å². The molecule has 0 fully saturated rings. The number of pyridine rings is 1. The lowest BCUT2D eigenvalue weighted by Crippen LogP contribution is -1.93. The fraction of sp³-hybridized carbons (Fsp3) is 0.333. The van der Waals surface area contributed by atoms with Crippen molar-refractivity contribution in [1.82, 2.24) is 4.98 Å². The van der Waals surface area contributed by atoms with E-state index in [2.05, 4.69) is 20.9 Å². The molecule has 0 aliphatic rings. The second-order valence-electron chi connectivity index (χ2n) is 3.65. The van der Waals surface area contributed by atoms with E-state index < -0.39 is 0 Å². The number of carbonyl (C=O) groups excluding carboxylic acids is 1. The third kappa shape index (κ3) is 2.50. The molecule has 90 valence electrons. The fourth-order valence-corrected chi connectivity index (χ4v) is 3.20. The largest absolute Gasteiger partial charge is 0.480 e. The Bertz CT molecular complexity index is 565. The number of ether oxygens (including phenoxy) is 1. The smallest absolute Gasteiger partial charge is 0.228 e. The maximum Gasteiger partial charge on any atom is 0.228 e. The number of carbonyl (C=O) groups is 1. The number of fused-ring (bicyclic) bond motifs is 1. The molecule has 0 saturated heterocycles. The van der Waals surface area contributed by atoms with Gasteiger partial charge >= 0.3 is 0 Å². The number of ketones is 1. The summed E-state index contributed by atoms with van der Waals surface area (Å²) in [4.78, 5) is 16.9. The van der Waals surface area contributed by atoms with Crippen molar-refractivity contribution >= 4 is 43.3 Å². The molecule has 0 aliphatic heterocycles. The second kappa shape index (κ2) is 5.14. The minimum atomic E-state index is 0.186.